The van der Waals surface area contributed by atoms with Crippen LogP contribution in [0.5, 0.6) is 0 Å². The fraction of sp³-hybridized carbons (Fsp3) is 0.611. The Bertz CT molecular complexity index is 929. The van der Waals surface area contributed by atoms with Gasteiger partial charge in [-0.05, 0) is 0 Å². The number of carbonyl (C=O) groups excluding carboxylic acids is 1. The standard InChI is InChI=1S/C18H27N7O5/c1-9(2)16(28)23-18-21-14(20-7-24(3)4)11-15(22-18)25(8-19-11)17-13(29-5)12(27)10(6-26)30-17/h7-10,12-13,17,26-27H,6H2,1-5H3,(H,21,22,23,28)/b20-7+. The average molecular weight is 421 g/mol. The van der Waals surface area contributed by atoms with Crippen LogP contribution >= 0.6 is 0 Å². The number of aromatic nitrogens is 4. The molecule has 164 valence electrons. The van der Waals surface area contributed by atoms with Crippen LogP contribution < -0.4 is 5.32 Å². The van der Waals surface area contributed by atoms with Crippen molar-refractivity contribution in [3.63, 3.8) is 0 Å². The van der Waals surface area contributed by atoms with Gasteiger partial charge >= 0.3 is 0 Å². The van der Waals surface area contributed by atoms with E-state index in [9.17, 15) is 15.0 Å². The van der Waals surface area contributed by atoms with Crippen LogP contribution in [0.4, 0.5) is 11.8 Å². The number of aliphatic imine (C=N–C) groups is 1. The van der Waals surface area contributed by atoms with Crippen molar-refractivity contribution >= 4 is 35.2 Å². The molecule has 1 amide bonds. The van der Waals surface area contributed by atoms with Crippen molar-refractivity contribution in [3.05, 3.63) is 6.33 Å². The van der Waals surface area contributed by atoms with E-state index in [2.05, 4.69) is 25.3 Å². The van der Waals surface area contributed by atoms with Crippen molar-refractivity contribution in [1.82, 2.24) is 24.4 Å². The summed E-state index contributed by atoms with van der Waals surface area (Å²) in [4.78, 5) is 31.3. The summed E-state index contributed by atoms with van der Waals surface area (Å²) < 4.78 is 12.7. The first-order valence-corrected chi connectivity index (χ1v) is 9.50. The quantitative estimate of drug-likeness (QED) is 0.412. The summed E-state index contributed by atoms with van der Waals surface area (Å²) in [5.41, 5.74) is 0.726. The van der Waals surface area contributed by atoms with E-state index >= 15 is 0 Å². The minimum absolute atomic E-state index is 0.0695. The molecule has 1 saturated heterocycles. The fourth-order valence-electron chi connectivity index (χ4n) is 3.01. The van der Waals surface area contributed by atoms with E-state index in [-0.39, 0.29) is 30.2 Å². The number of rotatable bonds is 7. The predicted octanol–water partition coefficient (Wildman–Crippen LogP) is -0.0922. The lowest BCUT2D eigenvalue weighted by Crippen LogP contribution is -2.34. The second kappa shape index (κ2) is 9.00. The summed E-state index contributed by atoms with van der Waals surface area (Å²) >= 11 is 0. The number of nitrogens with zero attached hydrogens (tertiary/aromatic N) is 6. The Balaban J connectivity index is 2.10. The molecule has 0 spiro atoms. The Labute approximate surface area is 173 Å². The zero-order valence-electron chi connectivity index (χ0n) is 17.6. The monoisotopic (exact) mass is 421 g/mol. The van der Waals surface area contributed by atoms with Crippen LogP contribution in [0.15, 0.2) is 11.3 Å². The number of hydrogen-bond acceptors (Lipinski definition) is 9. The van der Waals surface area contributed by atoms with Gasteiger partial charge in [-0.2, -0.15) is 9.97 Å². The van der Waals surface area contributed by atoms with E-state index < -0.39 is 24.5 Å². The van der Waals surface area contributed by atoms with Gasteiger partial charge in [0.25, 0.3) is 0 Å². The van der Waals surface area contributed by atoms with Gasteiger partial charge in [0.2, 0.25) is 11.9 Å². The van der Waals surface area contributed by atoms with E-state index in [1.165, 1.54) is 13.4 Å². The second-order valence-electron chi connectivity index (χ2n) is 7.49. The number of fused-ring (bicyclic) bond motifs is 1. The lowest BCUT2D eigenvalue weighted by Gasteiger charge is -2.20. The molecule has 12 nitrogen and oxygen atoms in total. The third-order valence-corrected chi connectivity index (χ3v) is 4.61. The lowest BCUT2D eigenvalue weighted by atomic mass is 10.1. The van der Waals surface area contributed by atoms with Gasteiger partial charge in [0, 0.05) is 27.1 Å². The molecule has 3 heterocycles. The van der Waals surface area contributed by atoms with Crippen LogP contribution in [0.1, 0.15) is 20.1 Å². The number of hydrogen-bond donors (Lipinski definition) is 3. The van der Waals surface area contributed by atoms with Gasteiger partial charge in [-0.1, -0.05) is 13.8 Å². The molecule has 0 aliphatic carbocycles. The first kappa shape index (κ1) is 22.0. The highest BCUT2D eigenvalue weighted by atomic mass is 16.6. The highest BCUT2D eigenvalue weighted by molar-refractivity contribution is 5.92. The highest BCUT2D eigenvalue weighted by Crippen LogP contribution is 2.34. The average Bonchev–Trinajstić information content (AvgIpc) is 3.26. The van der Waals surface area contributed by atoms with Crippen LogP contribution in [0.3, 0.4) is 0 Å². The van der Waals surface area contributed by atoms with Crippen LogP contribution in [0.2, 0.25) is 0 Å². The SMILES string of the molecule is COC1C(O)C(CO)OC1n1cnc2c(/N=C/N(C)C)nc(NC(=O)C(C)C)nc21. The molecule has 1 aliphatic heterocycles. The van der Waals surface area contributed by atoms with Crippen molar-refractivity contribution in [1.29, 1.82) is 0 Å². The van der Waals surface area contributed by atoms with Crippen LogP contribution in [0.25, 0.3) is 11.2 Å². The zero-order valence-corrected chi connectivity index (χ0v) is 17.6. The predicted molar refractivity (Wildman–Crippen MR) is 108 cm³/mol. The molecule has 2 aromatic heterocycles. The molecule has 2 aromatic rings. The summed E-state index contributed by atoms with van der Waals surface area (Å²) in [5, 5.41) is 22.5. The molecule has 0 saturated carbocycles. The summed E-state index contributed by atoms with van der Waals surface area (Å²) in [6.07, 6.45) is -0.352. The first-order valence-electron chi connectivity index (χ1n) is 9.50. The van der Waals surface area contributed by atoms with E-state index in [1.54, 1.807) is 29.7 Å². The third kappa shape index (κ3) is 4.26. The zero-order chi connectivity index (χ0) is 22.0. The van der Waals surface area contributed by atoms with E-state index in [1.807, 2.05) is 14.1 Å². The largest absolute Gasteiger partial charge is 0.394 e. The Morgan fingerprint density at radius 3 is 2.80 bits per heavy atom. The molecule has 4 atom stereocenters. The maximum absolute atomic E-state index is 12.2. The van der Waals surface area contributed by atoms with Crippen molar-refractivity contribution in [3.8, 4) is 0 Å². The number of anilines is 1. The molecular formula is C18H27N7O5. The Morgan fingerprint density at radius 1 is 1.47 bits per heavy atom. The highest BCUT2D eigenvalue weighted by Gasteiger charge is 2.45. The Morgan fingerprint density at radius 2 is 2.20 bits per heavy atom. The number of aliphatic hydroxyl groups is 2. The first-order chi connectivity index (χ1) is 14.3. The van der Waals surface area contributed by atoms with E-state index in [0.29, 0.717) is 11.2 Å². The lowest BCUT2D eigenvalue weighted by molar-refractivity contribution is -0.118. The molecule has 1 fully saturated rings. The van der Waals surface area contributed by atoms with E-state index in [0.717, 1.165) is 0 Å². The summed E-state index contributed by atoms with van der Waals surface area (Å²) in [6, 6.07) is 0. The van der Waals surface area contributed by atoms with Gasteiger partial charge < -0.3 is 24.6 Å². The smallest absolute Gasteiger partial charge is 0.233 e. The number of aliphatic hydroxyl groups excluding tert-OH is 2. The van der Waals surface area contributed by atoms with Crippen LogP contribution in [-0.2, 0) is 14.3 Å². The second-order valence-corrected chi connectivity index (χ2v) is 7.49. The van der Waals surface area contributed by atoms with Gasteiger partial charge in [-0.3, -0.25) is 14.7 Å². The van der Waals surface area contributed by atoms with Gasteiger partial charge in [-0.25, -0.2) is 9.98 Å². The summed E-state index contributed by atoms with van der Waals surface area (Å²) in [5.74, 6) is -0.178. The van der Waals surface area contributed by atoms with Gasteiger partial charge in [0.15, 0.2) is 23.2 Å². The summed E-state index contributed by atoms with van der Waals surface area (Å²) in [7, 11) is 5.07. The molecule has 30 heavy (non-hydrogen) atoms. The van der Waals surface area contributed by atoms with Gasteiger partial charge in [-0.15, -0.1) is 0 Å². The van der Waals surface area contributed by atoms with Crippen LogP contribution in [-0.4, -0.2) is 93.0 Å². The number of nitrogens with one attached hydrogen (secondary N) is 1. The Hall–Kier alpha value is -2.67. The molecule has 3 rings (SSSR count). The van der Waals surface area contributed by atoms with Crippen molar-refractivity contribution < 1.29 is 24.5 Å². The minimum Gasteiger partial charge on any atom is -0.394 e. The maximum atomic E-state index is 12.2. The number of ether oxygens (including phenoxy) is 2. The molecule has 3 N–H and O–H groups in total. The number of methoxy groups -OCH3 is 1. The molecule has 12 heteroatoms. The summed E-state index contributed by atoms with van der Waals surface area (Å²) in [6.45, 7) is 3.15. The molecular weight excluding hydrogens is 394 g/mol. The molecule has 1 aliphatic rings. The third-order valence-electron chi connectivity index (χ3n) is 4.61. The van der Waals surface area contributed by atoms with Gasteiger partial charge in [0.05, 0.1) is 19.3 Å². The molecule has 4 unspecified atom stereocenters. The fourth-order valence-corrected chi connectivity index (χ4v) is 3.01. The normalized spacial score (nSPS) is 24.3. The molecule has 0 radical (unpaired) electrons. The van der Waals surface area contributed by atoms with Gasteiger partial charge in [0.1, 0.15) is 18.3 Å². The van der Waals surface area contributed by atoms with E-state index in [4.69, 9.17) is 9.47 Å². The minimum atomic E-state index is -1.03. The van der Waals surface area contributed by atoms with Crippen LogP contribution in [0, 0.1) is 5.92 Å². The van der Waals surface area contributed by atoms with Crippen molar-refractivity contribution in [2.45, 2.75) is 38.4 Å². The molecule has 0 aromatic carbocycles. The molecule has 0 bridgehead atoms. The number of amides is 1. The number of imidazole rings is 1. The topological polar surface area (TPSA) is 147 Å². The Kier molecular flexibility index (Phi) is 6.61. The number of carbonyl (C=O) groups is 1. The van der Waals surface area contributed by atoms with Crippen molar-refractivity contribution in [2.75, 3.05) is 33.1 Å². The maximum Gasteiger partial charge on any atom is 0.233 e. The van der Waals surface area contributed by atoms with Crippen molar-refractivity contribution in [2.24, 2.45) is 10.9 Å².